The van der Waals surface area contributed by atoms with E-state index in [0.717, 1.165) is 51.4 Å². The number of rotatable bonds is 7. The molecule has 1 N–H and O–H groups in total. The Bertz CT molecular complexity index is 1120. The molecule has 4 aromatic rings. The zero-order chi connectivity index (χ0) is 19.6. The van der Waals surface area contributed by atoms with Crippen molar-refractivity contribution >= 4 is 27.8 Å². The number of ether oxygens (including phenoxy) is 2. The summed E-state index contributed by atoms with van der Waals surface area (Å²) in [5, 5.41) is 11.2. The van der Waals surface area contributed by atoms with Crippen LogP contribution in [0.4, 0.5) is 5.13 Å². The third kappa shape index (κ3) is 3.99. The molecule has 0 unspecified atom stereocenters. The smallest absolute Gasteiger partial charge is 0.231 e. The number of benzene rings is 1. The van der Waals surface area contributed by atoms with Crippen LogP contribution >= 0.6 is 22.7 Å². The van der Waals surface area contributed by atoms with E-state index in [0.29, 0.717) is 13.3 Å². The molecule has 0 atom stereocenters. The van der Waals surface area contributed by atoms with E-state index in [-0.39, 0.29) is 0 Å². The fourth-order valence-corrected chi connectivity index (χ4v) is 4.85. The quantitative estimate of drug-likeness (QED) is 0.454. The molecule has 6 nitrogen and oxygen atoms in total. The van der Waals surface area contributed by atoms with Crippen LogP contribution < -0.4 is 14.8 Å². The SMILES string of the molecule is Cc1nc(NCc2ccc3c(c2)OCO3)sc1-c1ccn(CCc2cccs2)n1. The standard InChI is InChI=1S/C21H20N4O2S2/c1-14-20(17-7-9-25(24-17)8-6-16-3-2-10-28-16)29-21(23-14)22-12-15-4-5-18-19(11-15)27-13-26-18/h2-5,7,9-11H,6,8,12-13H2,1H3,(H,22,23). The van der Waals surface area contributed by atoms with Crippen LogP contribution in [-0.4, -0.2) is 21.6 Å². The van der Waals surface area contributed by atoms with Gasteiger partial charge in [0.25, 0.3) is 0 Å². The molecule has 0 saturated heterocycles. The van der Waals surface area contributed by atoms with Gasteiger partial charge < -0.3 is 14.8 Å². The lowest BCUT2D eigenvalue weighted by Crippen LogP contribution is -2.00. The first-order valence-electron chi connectivity index (χ1n) is 9.40. The number of aryl methyl sites for hydroxylation is 3. The van der Waals surface area contributed by atoms with Crippen LogP contribution in [0.2, 0.25) is 0 Å². The van der Waals surface area contributed by atoms with E-state index in [1.807, 2.05) is 36.0 Å². The summed E-state index contributed by atoms with van der Waals surface area (Å²) in [6.45, 7) is 3.88. The lowest BCUT2D eigenvalue weighted by molar-refractivity contribution is 0.174. The normalized spacial score (nSPS) is 12.4. The van der Waals surface area contributed by atoms with E-state index in [1.165, 1.54) is 4.88 Å². The van der Waals surface area contributed by atoms with Crippen LogP contribution in [-0.2, 0) is 19.5 Å². The van der Waals surface area contributed by atoms with Crippen molar-refractivity contribution in [3.63, 3.8) is 0 Å². The summed E-state index contributed by atoms with van der Waals surface area (Å²) >= 11 is 3.42. The van der Waals surface area contributed by atoms with Gasteiger partial charge >= 0.3 is 0 Å². The highest BCUT2D eigenvalue weighted by Crippen LogP contribution is 2.34. The molecule has 0 fully saturated rings. The van der Waals surface area contributed by atoms with Crippen molar-refractivity contribution in [1.82, 2.24) is 14.8 Å². The first-order chi connectivity index (χ1) is 14.2. The fourth-order valence-electron chi connectivity index (χ4n) is 3.23. The van der Waals surface area contributed by atoms with E-state index in [9.17, 15) is 0 Å². The minimum atomic E-state index is 0.293. The topological polar surface area (TPSA) is 61.2 Å². The maximum atomic E-state index is 5.44. The number of nitrogens with one attached hydrogen (secondary N) is 1. The molecule has 148 valence electrons. The summed E-state index contributed by atoms with van der Waals surface area (Å²) in [7, 11) is 0. The Kier molecular flexibility index (Phi) is 4.95. The number of aromatic nitrogens is 3. The molecule has 0 radical (unpaired) electrons. The predicted octanol–water partition coefficient (Wildman–Crippen LogP) is 4.96. The molecule has 5 rings (SSSR count). The minimum Gasteiger partial charge on any atom is -0.454 e. The van der Waals surface area contributed by atoms with Gasteiger partial charge in [-0.15, -0.1) is 11.3 Å². The Morgan fingerprint density at radius 1 is 1.17 bits per heavy atom. The number of fused-ring (bicyclic) bond motifs is 1. The Morgan fingerprint density at radius 3 is 3.00 bits per heavy atom. The zero-order valence-electron chi connectivity index (χ0n) is 15.9. The molecule has 0 spiro atoms. The molecule has 0 aliphatic carbocycles. The van der Waals surface area contributed by atoms with E-state index < -0.39 is 0 Å². The van der Waals surface area contributed by atoms with Crippen molar-refractivity contribution in [2.24, 2.45) is 0 Å². The number of nitrogens with zero attached hydrogens (tertiary/aromatic N) is 3. The molecule has 0 bridgehead atoms. The molecule has 0 saturated carbocycles. The zero-order valence-corrected chi connectivity index (χ0v) is 17.6. The van der Waals surface area contributed by atoms with E-state index in [1.54, 1.807) is 22.7 Å². The summed E-state index contributed by atoms with van der Waals surface area (Å²) in [6, 6.07) is 12.3. The van der Waals surface area contributed by atoms with Crippen molar-refractivity contribution in [2.45, 2.75) is 26.4 Å². The Labute approximate surface area is 176 Å². The van der Waals surface area contributed by atoms with Crippen LogP contribution in [0.3, 0.4) is 0 Å². The van der Waals surface area contributed by atoms with Gasteiger partial charge in [0, 0.05) is 30.6 Å². The molecule has 3 aromatic heterocycles. The molecule has 1 aliphatic rings. The second-order valence-corrected chi connectivity index (χ2v) is 8.80. The molecule has 0 amide bonds. The number of hydrogen-bond donors (Lipinski definition) is 1. The third-order valence-electron chi connectivity index (χ3n) is 4.72. The maximum Gasteiger partial charge on any atom is 0.231 e. The van der Waals surface area contributed by atoms with Gasteiger partial charge in [-0.1, -0.05) is 23.5 Å². The summed E-state index contributed by atoms with van der Waals surface area (Å²) in [5.41, 5.74) is 3.09. The molecule has 8 heteroatoms. The van der Waals surface area contributed by atoms with Crippen molar-refractivity contribution in [3.8, 4) is 22.1 Å². The summed E-state index contributed by atoms with van der Waals surface area (Å²) < 4.78 is 12.8. The maximum absolute atomic E-state index is 5.44. The predicted molar refractivity (Wildman–Crippen MR) is 116 cm³/mol. The van der Waals surface area contributed by atoms with Crippen LogP contribution in [0.15, 0.2) is 48.0 Å². The minimum absolute atomic E-state index is 0.293. The first-order valence-corrected chi connectivity index (χ1v) is 11.1. The van der Waals surface area contributed by atoms with Crippen LogP contribution in [0.5, 0.6) is 11.5 Å². The van der Waals surface area contributed by atoms with Gasteiger partial charge in [-0.2, -0.15) is 5.10 Å². The molecular formula is C21H20N4O2S2. The first kappa shape index (κ1) is 18.2. The van der Waals surface area contributed by atoms with Gasteiger partial charge in [0.1, 0.15) is 5.69 Å². The lowest BCUT2D eigenvalue weighted by Gasteiger charge is -2.04. The summed E-state index contributed by atoms with van der Waals surface area (Å²) in [5.74, 6) is 1.60. The highest BCUT2D eigenvalue weighted by atomic mass is 32.1. The molecule has 4 heterocycles. The van der Waals surface area contributed by atoms with Gasteiger partial charge in [0.05, 0.1) is 10.6 Å². The fraction of sp³-hybridized carbons (Fsp3) is 0.238. The lowest BCUT2D eigenvalue weighted by atomic mass is 10.2. The highest BCUT2D eigenvalue weighted by Gasteiger charge is 2.15. The van der Waals surface area contributed by atoms with Gasteiger partial charge in [-0.3, -0.25) is 4.68 Å². The number of hydrogen-bond acceptors (Lipinski definition) is 7. The van der Waals surface area contributed by atoms with Crippen molar-refractivity contribution < 1.29 is 9.47 Å². The third-order valence-corrected chi connectivity index (χ3v) is 6.79. The molecule has 29 heavy (non-hydrogen) atoms. The van der Waals surface area contributed by atoms with Crippen LogP contribution in [0.1, 0.15) is 16.1 Å². The molecule has 1 aliphatic heterocycles. The van der Waals surface area contributed by atoms with E-state index >= 15 is 0 Å². The second-order valence-electron chi connectivity index (χ2n) is 6.77. The van der Waals surface area contributed by atoms with E-state index in [4.69, 9.17) is 14.6 Å². The Hall–Kier alpha value is -2.84. The molecule has 1 aromatic carbocycles. The van der Waals surface area contributed by atoms with Crippen LogP contribution in [0.25, 0.3) is 10.6 Å². The summed E-state index contributed by atoms with van der Waals surface area (Å²) in [6.07, 6.45) is 3.05. The van der Waals surface area contributed by atoms with Gasteiger partial charge in [-0.25, -0.2) is 4.98 Å². The van der Waals surface area contributed by atoms with Gasteiger partial charge in [0.15, 0.2) is 16.6 Å². The van der Waals surface area contributed by atoms with Crippen molar-refractivity contribution in [1.29, 1.82) is 0 Å². The number of anilines is 1. The van der Waals surface area contributed by atoms with Crippen molar-refractivity contribution in [3.05, 3.63) is 64.1 Å². The summed E-state index contributed by atoms with van der Waals surface area (Å²) in [4.78, 5) is 7.16. The van der Waals surface area contributed by atoms with Crippen molar-refractivity contribution in [2.75, 3.05) is 12.1 Å². The largest absolute Gasteiger partial charge is 0.454 e. The monoisotopic (exact) mass is 424 g/mol. The van der Waals surface area contributed by atoms with E-state index in [2.05, 4.69) is 33.9 Å². The average Bonchev–Trinajstić information content (AvgIpc) is 3.51. The van der Waals surface area contributed by atoms with Gasteiger partial charge in [-0.05, 0) is 42.1 Å². The van der Waals surface area contributed by atoms with Crippen LogP contribution in [0, 0.1) is 6.92 Å². The Morgan fingerprint density at radius 2 is 2.10 bits per heavy atom. The highest BCUT2D eigenvalue weighted by molar-refractivity contribution is 7.19. The molecular weight excluding hydrogens is 404 g/mol. The number of thiophene rings is 1. The second kappa shape index (κ2) is 7.88. The Balaban J connectivity index is 1.24. The van der Waals surface area contributed by atoms with Gasteiger partial charge in [0.2, 0.25) is 6.79 Å². The number of thiazole rings is 1. The average molecular weight is 425 g/mol.